The average Bonchev–Trinajstić information content (AvgIpc) is 3.21. The third-order valence-corrected chi connectivity index (χ3v) is 6.09. The fourth-order valence-electron chi connectivity index (χ4n) is 4.19. The van der Waals surface area contributed by atoms with Crippen LogP contribution in [0.25, 0.3) is 0 Å². The highest BCUT2D eigenvalue weighted by atomic mass is 16.4. The molecule has 0 aromatic heterocycles. The summed E-state index contributed by atoms with van der Waals surface area (Å²) in [5, 5.41) is 11.9. The van der Waals surface area contributed by atoms with E-state index in [1.54, 1.807) is 34.1 Å². The van der Waals surface area contributed by atoms with E-state index in [-0.39, 0.29) is 24.1 Å². The Labute approximate surface area is 185 Å². The van der Waals surface area contributed by atoms with Crippen LogP contribution in [0.15, 0.2) is 54.6 Å². The minimum absolute atomic E-state index is 0.0797. The number of hydrogen-bond acceptors (Lipinski definition) is 4. The number of aliphatic carboxylic acids is 1. The summed E-state index contributed by atoms with van der Waals surface area (Å²) < 4.78 is 0. The Morgan fingerprint density at radius 1 is 0.906 bits per heavy atom. The van der Waals surface area contributed by atoms with Gasteiger partial charge < -0.3 is 20.2 Å². The zero-order chi connectivity index (χ0) is 22.7. The molecule has 2 aliphatic heterocycles. The SMILES string of the molecule is O=C(O)C1CCN(C(=O)c2ccc(NC(=O)C3CC(=O)N(c4ccccc4)C3)cc2)CC1. The molecule has 2 aliphatic rings. The third kappa shape index (κ3) is 4.64. The van der Waals surface area contributed by atoms with Crippen molar-refractivity contribution in [1.29, 1.82) is 0 Å². The predicted octanol–water partition coefficient (Wildman–Crippen LogP) is 2.62. The highest BCUT2D eigenvalue weighted by molar-refractivity contribution is 6.03. The highest BCUT2D eigenvalue weighted by Gasteiger charge is 2.35. The molecule has 1 unspecified atom stereocenters. The normalized spacial score (nSPS) is 19.1. The number of nitrogens with one attached hydrogen (secondary N) is 1. The quantitative estimate of drug-likeness (QED) is 0.751. The first kappa shape index (κ1) is 21.5. The summed E-state index contributed by atoms with van der Waals surface area (Å²) in [6, 6.07) is 15.9. The van der Waals surface area contributed by atoms with E-state index in [1.807, 2.05) is 30.3 Å². The molecule has 4 rings (SSSR count). The Bertz CT molecular complexity index is 1010. The summed E-state index contributed by atoms with van der Waals surface area (Å²) in [7, 11) is 0. The van der Waals surface area contributed by atoms with E-state index in [0.717, 1.165) is 5.69 Å². The van der Waals surface area contributed by atoms with Crippen molar-refractivity contribution < 1.29 is 24.3 Å². The van der Waals surface area contributed by atoms with Gasteiger partial charge in [-0.3, -0.25) is 19.2 Å². The molecule has 2 saturated heterocycles. The summed E-state index contributed by atoms with van der Waals surface area (Å²) >= 11 is 0. The van der Waals surface area contributed by atoms with Crippen LogP contribution >= 0.6 is 0 Å². The van der Waals surface area contributed by atoms with Crippen molar-refractivity contribution in [3.63, 3.8) is 0 Å². The minimum Gasteiger partial charge on any atom is -0.481 e. The van der Waals surface area contributed by atoms with E-state index in [1.165, 1.54) is 0 Å². The summed E-state index contributed by atoms with van der Waals surface area (Å²) in [4.78, 5) is 52.0. The van der Waals surface area contributed by atoms with Crippen LogP contribution in [0.4, 0.5) is 11.4 Å². The Hall–Kier alpha value is -3.68. The van der Waals surface area contributed by atoms with Crippen molar-refractivity contribution in [1.82, 2.24) is 4.90 Å². The van der Waals surface area contributed by atoms with Crippen LogP contribution in [-0.4, -0.2) is 53.3 Å². The number of para-hydroxylation sites is 1. The van der Waals surface area contributed by atoms with Gasteiger partial charge in [0.1, 0.15) is 0 Å². The Morgan fingerprint density at radius 2 is 1.56 bits per heavy atom. The zero-order valence-corrected chi connectivity index (χ0v) is 17.6. The van der Waals surface area contributed by atoms with Crippen LogP contribution in [0, 0.1) is 11.8 Å². The van der Waals surface area contributed by atoms with Crippen LogP contribution in [0.2, 0.25) is 0 Å². The molecule has 2 heterocycles. The highest BCUT2D eigenvalue weighted by Crippen LogP contribution is 2.26. The van der Waals surface area contributed by atoms with Gasteiger partial charge in [-0.25, -0.2) is 0 Å². The smallest absolute Gasteiger partial charge is 0.306 e. The van der Waals surface area contributed by atoms with Gasteiger partial charge in [0.2, 0.25) is 11.8 Å². The van der Waals surface area contributed by atoms with Gasteiger partial charge in [0.05, 0.1) is 11.8 Å². The minimum atomic E-state index is -0.812. The molecular formula is C24H25N3O5. The van der Waals surface area contributed by atoms with E-state index < -0.39 is 17.8 Å². The zero-order valence-electron chi connectivity index (χ0n) is 17.6. The van der Waals surface area contributed by atoms with Crippen LogP contribution in [0.1, 0.15) is 29.6 Å². The second-order valence-corrected chi connectivity index (χ2v) is 8.21. The van der Waals surface area contributed by atoms with E-state index >= 15 is 0 Å². The Balaban J connectivity index is 1.33. The molecule has 8 nitrogen and oxygen atoms in total. The number of rotatable bonds is 5. The molecule has 3 amide bonds. The number of piperidine rings is 1. The van der Waals surface area contributed by atoms with Crippen LogP contribution < -0.4 is 10.2 Å². The maximum Gasteiger partial charge on any atom is 0.306 e. The van der Waals surface area contributed by atoms with Crippen molar-refractivity contribution in [2.45, 2.75) is 19.3 Å². The summed E-state index contributed by atoms with van der Waals surface area (Å²) in [6.07, 6.45) is 1.06. The van der Waals surface area contributed by atoms with Gasteiger partial charge in [-0.15, -0.1) is 0 Å². The molecule has 0 saturated carbocycles. The van der Waals surface area contributed by atoms with Gasteiger partial charge in [0, 0.05) is 43.0 Å². The second-order valence-electron chi connectivity index (χ2n) is 8.21. The maximum atomic E-state index is 12.7. The van der Waals surface area contributed by atoms with Gasteiger partial charge in [0.15, 0.2) is 0 Å². The number of anilines is 2. The molecule has 2 aromatic rings. The third-order valence-electron chi connectivity index (χ3n) is 6.09. The van der Waals surface area contributed by atoms with Crippen molar-refractivity contribution in [3.05, 3.63) is 60.2 Å². The Kier molecular flexibility index (Phi) is 6.20. The number of hydrogen-bond donors (Lipinski definition) is 2. The lowest BCUT2D eigenvalue weighted by atomic mass is 9.96. The molecule has 0 aliphatic carbocycles. The largest absolute Gasteiger partial charge is 0.481 e. The molecule has 0 spiro atoms. The summed E-state index contributed by atoms with van der Waals surface area (Å²) in [5.74, 6) is -2.10. The predicted molar refractivity (Wildman–Crippen MR) is 118 cm³/mol. The molecule has 0 bridgehead atoms. The van der Waals surface area contributed by atoms with Gasteiger partial charge >= 0.3 is 5.97 Å². The van der Waals surface area contributed by atoms with Gasteiger partial charge in [0.25, 0.3) is 5.91 Å². The molecule has 8 heteroatoms. The molecule has 2 fully saturated rings. The number of benzene rings is 2. The summed E-state index contributed by atoms with van der Waals surface area (Å²) in [6.45, 7) is 1.17. The van der Waals surface area contributed by atoms with E-state index in [9.17, 15) is 19.2 Å². The lowest BCUT2D eigenvalue weighted by Gasteiger charge is -2.30. The number of carboxylic acid groups (broad SMARTS) is 1. The lowest BCUT2D eigenvalue weighted by molar-refractivity contribution is -0.143. The van der Waals surface area contributed by atoms with Crippen molar-refractivity contribution >= 4 is 35.1 Å². The van der Waals surface area contributed by atoms with Gasteiger partial charge in [-0.1, -0.05) is 18.2 Å². The van der Waals surface area contributed by atoms with Crippen LogP contribution in [0.5, 0.6) is 0 Å². The van der Waals surface area contributed by atoms with Crippen LogP contribution in [-0.2, 0) is 14.4 Å². The molecule has 1 atom stereocenters. The Morgan fingerprint density at radius 3 is 2.19 bits per heavy atom. The number of likely N-dealkylation sites (tertiary alicyclic amines) is 1. The maximum absolute atomic E-state index is 12.7. The van der Waals surface area contributed by atoms with Gasteiger partial charge in [-0.2, -0.15) is 0 Å². The first-order valence-electron chi connectivity index (χ1n) is 10.7. The topological polar surface area (TPSA) is 107 Å². The van der Waals surface area contributed by atoms with Crippen molar-refractivity contribution in [2.24, 2.45) is 11.8 Å². The number of carbonyl (C=O) groups excluding carboxylic acids is 3. The second kappa shape index (κ2) is 9.21. The first-order valence-corrected chi connectivity index (χ1v) is 10.7. The molecule has 2 N–H and O–H groups in total. The van der Waals surface area contributed by atoms with E-state index in [2.05, 4.69) is 5.32 Å². The van der Waals surface area contributed by atoms with Crippen molar-refractivity contribution in [2.75, 3.05) is 29.9 Å². The lowest BCUT2D eigenvalue weighted by Crippen LogP contribution is -2.40. The summed E-state index contributed by atoms with van der Waals surface area (Å²) in [5.41, 5.74) is 1.83. The fourth-order valence-corrected chi connectivity index (χ4v) is 4.19. The molecular weight excluding hydrogens is 410 g/mol. The molecule has 2 aromatic carbocycles. The fraction of sp³-hybridized carbons (Fsp3) is 0.333. The average molecular weight is 435 g/mol. The standard InChI is InChI=1S/C24H25N3O5/c28-21-14-18(15-27(21)20-4-2-1-3-5-20)22(29)25-19-8-6-16(7-9-19)23(30)26-12-10-17(11-13-26)24(31)32/h1-9,17-18H,10-15H2,(H,25,29)(H,31,32). The number of amides is 3. The van der Waals surface area contributed by atoms with Crippen molar-refractivity contribution in [3.8, 4) is 0 Å². The molecule has 32 heavy (non-hydrogen) atoms. The monoisotopic (exact) mass is 435 g/mol. The molecule has 0 radical (unpaired) electrons. The van der Waals surface area contributed by atoms with Crippen LogP contribution in [0.3, 0.4) is 0 Å². The van der Waals surface area contributed by atoms with E-state index in [0.29, 0.717) is 43.7 Å². The molecule has 166 valence electrons. The number of nitrogens with zero attached hydrogens (tertiary/aromatic N) is 2. The number of carbonyl (C=O) groups is 4. The van der Waals surface area contributed by atoms with Gasteiger partial charge in [-0.05, 0) is 49.2 Å². The first-order chi connectivity index (χ1) is 15.4. The number of carboxylic acids is 1. The van der Waals surface area contributed by atoms with E-state index in [4.69, 9.17) is 5.11 Å².